The number of aromatic nitrogens is 2. The van der Waals surface area contributed by atoms with E-state index in [1.54, 1.807) is 12.3 Å². The topological polar surface area (TPSA) is 87.3 Å². The summed E-state index contributed by atoms with van der Waals surface area (Å²) in [6.45, 7) is 7.30. The molecule has 0 aliphatic carbocycles. The third-order valence-electron chi connectivity index (χ3n) is 4.53. The molecule has 2 heterocycles. The molecule has 7 nitrogen and oxygen atoms in total. The summed E-state index contributed by atoms with van der Waals surface area (Å²) >= 11 is 1.33. The van der Waals surface area contributed by atoms with Crippen LogP contribution >= 0.6 is 11.3 Å². The molecule has 0 saturated carbocycles. The Hall–Kier alpha value is -3.13. The third-order valence-corrected chi connectivity index (χ3v) is 5.29. The minimum Gasteiger partial charge on any atom is -0.464 e. The molecule has 2 aromatic heterocycles. The second-order valence-corrected chi connectivity index (χ2v) is 7.57. The fourth-order valence-electron chi connectivity index (χ4n) is 3.05. The molecule has 0 saturated heterocycles. The molecule has 3 aromatic rings. The van der Waals surface area contributed by atoms with E-state index in [2.05, 4.69) is 45.7 Å². The van der Waals surface area contributed by atoms with E-state index in [0.717, 1.165) is 17.8 Å². The van der Waals surface area contributed by atoms with Crippen LogP contribution in [0.25, 0.3) is 11.3 Å². The normalized spacial score (nSPS) is 10.8. The summed E-state index contributed by atoms with van der Waals surface area (Å²) in [5.41, 5.74) is 3.43. The van der Waals surface area contributed by atoms with Crippen molar-refractivity contribution in [3.63, 3.8) is 0 Å². The zero-order valence-electron chi connectivity index (χ0n) is 16.9. The van der Waals surface area contributed by atoms with Crippen LogP contribution in [0.2, 0.25) is 0 Å². The van der Waals surface area contributed by atoms with Crippen LogP contribution in [0.15, 0.2) is 41.9 Å². The van der Waals surface area contributed by atoms with Gasteiger partial charge in [0.05, 0.1) is 12.8 Å². The van der Waals surface area contributed by atoms with Crippen LogP contribution in [-0.2, 0) is 4.74 Å². The van der Waals surface area contributed by atoms with Crippen LogP contribution in [-0.4, -0.2) is 41.5 Å². The Morgan fingerprint density at radius 1 is 1.28 bits per heavy atom. The van der Waals surface area contributed by atoms with Gasteiger partial charge in [0.25, 0.3) is 5.91 Å². The van der Waals surface area contributed by atoms with Crippen LogP contribution in [0.1, 0.15) is 41.6 Å². The number of thiazole rings is 1. The SMILES string of the molecule is CCN(c1ccc(C(=O)Nc2nc(-c3c[nH]c(C(=O)OC)c3)cs2)cc1)C(C)C. The second-order valence-electron chi connectivity index (χ2n) is 6.71. The zero-order valence-corrected chi connectivity index (χ0v) is 17.7. The Bertz CT molecular complexity index is 992. The number of nitrogens with zero attached hydrogens (tertiary/aromatic N) is 2. The highest BCUT2D eigenvalue weighted by Gasteiger charge is 2.14. The molecule has 0 unspecified atom stereocenters. The van der Waals surface area contributed by atoms with Gasteiger partial charge in [0.2, 0.25) is 0 Å². The van der Waals surface area contributed by atoms with Crippen LogP contribution in [0.5, 0.6) is 0 Å². The average molecular weight is 413 g/mol. The Morgan fingerprint density at radius 3 is 2.62 bits per heavy atom. The molecule has 0 aliphatic rings. The summed E-state index contributed by atoms with van der Waals surface area (Å²) in [7, 11) is 1.33. The summed E-state index contributed by atoms with van der Waals surface area (Å²) in [6, 6.07) is 9.61. The monoisotopic (exact) mass is 412 g/mol. The fraction of sp³-hybridized carbons (Fsp3) is 0.286. The minimum atomic E-state index is -0.442. The van der Waals surface area contributed by atoms with Crippen LogP contribution < -0.4 is 10.2 Å². The van der Waals surface area contributed by atoms with Crippen molar-refractivity contribution in [1.82, 2.24) is 9.97 Å². The Balaban J connectivity index is 1.69. The lowest BCUT2D eigenvalue weighted by Gasteiger charge is -2.27. The van der Waals surface area contributed by atoms with E-state index >= 15 is 0 Å². The maximum atomic E-state index is 12.6. The van der Waals surface area contributed by atoms with Gasteiger partial charge in [0, 0.05) is 41.0 Å². The van der Waals surface area contributed by atoms with Gasteiger partial charge in [-0.25, -0.2) is 9.78 Å². The maximum absolute atomic E-state index is 12.6. The van der Waals surface area contributed by atoms with Gasteiger partial charge in [-0.1, -0.05) is 0 Å². The summed E-state index contributed by atoms with van der Waals surface area (Å²) in [6.07, 6.45) is 1.68. The molecule has 29 heavy (non-hydrogen) atoms. The van der Waals surface area contributed by atoms with Crippen LogP contribution in [0, 0.1) is 0 Å². The molecule has 8 heteroatoms. The van der Waals surface area contributed by atoms with Gasteiger partial charge in [0.15, 0.2) is 5.13 Å². The quantitative estimate of drug-likeness (QED) is 0.561. The highest BCUT2D eigenvalue weighted by Crippen LogP contribution is 2.26. The number of amides is 1. The second kappa shape index (κ2) is 8.91. The number of anilines is 2. The van der Waals surface area contributed by atoms with Crippen molar-refractivity contribution in [2.75, 3.05) is 23.9 Å². The van der Waals surface area contributed by atoms with Gasteiger partial charge in [0.1, 0.15) is 5.69 Å². The number of esters is 1. The van der Waals surface area contributed by atoms with Gasteiger partial charge in [-0.15, -0.1) is 11.3 Å². The lowest BCUT2D eigenvalue weighted by Crippen LogP contribution is -2.30. The van der Waals surface area contributed by atoms with E-state index in [1.165, 1.54) is 18.4 Å². The number of hydrogen-bond donors (Lipinski definition) is 2. The third kappa shape index (κ3) is 4.65. The number of methoxy groups -OCH3 is 1. The molecule has 0 spiro atoms. The minimum absolute atomic E-state index is 0.214. The van der Waals surface area contributed by atoms with Crippen LogP contribution in [0.3, 0.4) is 0 Å². The first-order valence-corrected chi connectivity index (χ1v) is 10.2. The number of H-pyrrole nitrogens is 1. The van der Waals surface area contributed by atoms with Gasteiger partial charge >= 0.3 is 5.97 Å². The predicted octanol–water partition coefficient (Wildman–Crippen LogP) is 4.41. The fourth-order valence-corrected chi connectivity index (χ4v) is 3.77. The molecular weight excluding hydrogens is 388 g/mol. The molecule has 2 N–H and O–H groups in total. The summed E-state index contributed by atoms with van der Waals surface area (Å²) in [5.74, 6) is -0.656. The molecule has 1 aromatic carbocycles. The molecule has 0 fully saturated rings. The first-order chi connectivity index (χ1) is 13.9. The molecule has 0 radical (unpaired) electrons. The number of carbonyl (C=O) groups excluding carboxylic acids is 2. The summed E-state index contributed by atoms with van der Waals surface area (Å²) in [4.78, 5) is 33.7. The Morgan fingerprint density at radius 2 is 2.00 bits per heavy atom. The lowest BCUT2D eigenvalue weighted by molar-refractivity contribution is 0.0594. The molecule has 3 rings (SSSR count). The van der Waals surface area contributed by atoms with Crippen molar-refractivity contribution in [2.24, 2.45) is 0 Å². The lowest BCUT2D eigenvalue weighted by atomic mass is 10.1. The van der Waals surface area contributed by atoms with Crippen molar-refractivity contribution in [2.45, 2.75) is 26.8 Å². The highest BCUT2D eigenvalue weighted by molar-refractivity contribution is 7.14. The van der Waals surface area contributed by atoms with Crippen molar-refractivity contribution < 1.29 is 14.3 Å². The van der Waals surface area contributed by atoms with Crippen LogP contribution in [0.4, 0.5) is 10.8 Å². The first-order valence-electron chi connectivity index (χ1n) is 9.33. The van der Waals surface area contributed by atoms with Gasteiger partial charge in [-0.05, 0) is 51.1 Å². The van der Waals surface area contributed by atoms with E-state index in [-0.39, 0.29) is 5.91 Å². The van der Waals surface area contributed by atoms with Gasteiger partial charge in [-0.3, -0.25) is 10.1 Å². The zero-order chi connectivity index (χ0) is 21.0. The van der Waals surface area contributed by atoms with E-state index in [4.69, 9.17) is 0 Å². The standard InChI is InChI=1S/C21H24N4O3S/c1-5-25(13(2)3)16-8-6-14(7-9-16)19(26)24-21-23-18(12-29-21)15-10-17(22-11-15)20(27)28-4/h6-13,22H,5H2,1-4H3,(H,23,24,26). The average Bonchev–Trinajstić information content (AvgIpc) is 3.37. The Labute approximate surface area is 173 Å². The van der Waals surface area contributed by atoms with Crippen molar-refractivity contribution in [3.05, 3.63) is 53.2 Å². The van der Waals surface area contributed by atoms with E-state index in [1.807, 2.05) is 29.6 Å². The molecule has 0 atom stereocenters. The largest absolute Gasteiger partial charge is 0.464 e. The van der Waals surface area contributed by atoms with Gasteiger partial charge < -0.3 is 14.6 Å². The summed E-state index contributed by atoms with van der Waals surface area (Å²) in [5, 5.41) is 5.14. The van der Waals surface area contributed by atoms with Crippen molar-refractivity contribution in [1.29, 1.82) is 0 Å². The molecular formula is C21H24N4O3S. The Kier molecular flexibility index (Phi) is 6.33. The van der Waals surface area contributed by atoms with Crippen molar-refractivity contribution in [3.8, 4) is 11.3 Å². The number of rotatable bonds is 7. The number of ether oxygens (including phenoxy) is 1. The smallest absolute Gasteiger partial charge is 0.354 e. The predicted molar refractivity (Wildman–Crippen MR) is 116 cm³/mol. The number of carbonyl (C=O) groups is 2. The highest BCUT2D eigenvalue weighted by atomic mass is 32.1. The van der Waals surface area contributed by atoms with Crippen molar-refractivity contribution >= 4 is 34.0 Å². The maximum Gasteiger partial charge on any atom is 0.354 e. The molecule has 0 aliphatic heterocycles. The molecule has 0 bridgehead atoms. The van der Waals surface area contributed by atoms with E-state index < -0.39 is 5.97 Å². The van der Waals surface area contributed by atoms with E-state index in [0.29, 0.717) is 28.1 Å². The molecule has 1 amide bonds. The first kappa shape index (κ1) is 20.6. The number of nitrogens with one attached hydrogen (secondary N) is 2. The number of benzene rings is 1. The van der Waals surface area contributed by atoms with E-state index in [9.17, 15) is 9.59 Å². The molecule has 152 valence electrons. The number of aromatic amines is 1. The number of hydrogen-bond acceptors (Lipinski definition) is 6. The summed E-state index contributed by atoms with van der Waals surface area (Å²) < 4.78 is 4.69. The van der Waals surface area contributed by atoms with Gasteiger partial charge in [-0.2, -0.15) is 0 Å².